The van der Waals surface area contributed by atoms with Crippen molar-refractivity contribution in [2.24, 2.45) is 0 Å². The number of amides is 1. The number of ether oxygens (including phenoxy) is 2. The number of nitrogens with one attached hydrogen (secondary N) is 1. The van der Waals surface area contributed by atoms with E-state index in [0.717, 1.165) is 43.9 Å². The lowest BCUT2D eigenvalue weighted by Gasteiger charge is -2.29. The van der Waals surface area contributed by atoms with Gasteiger partial charge in [-0.25, -0.2) is 0 Å². The molecule has 1 aliphatic carbocycles. The van der Waals surface area contributed by atoms with Crippen LogP contribution in [-0.2, 0) is 17.8 Å². The predicted molar refractivity (Wildman–Crippen MR) is 79.7 cm³/mol. The van der Waals surface area contributed by atoms with E-state index in [1.807, 2.05) is 6.07 Å². The van der Waals surface area contributed by atoms with Crippen molar-refractivity contribution in [3.05, 3.63) is 23.3 Å². The molecule has 2 aliphatic rings. The van der Waals surface area contributed by atoms with Crippen LogP contribution in [0.1, 0.15) is 24.0 Å². The molecule has 0 atom stereocenters. The van der Waals surface area contributed by atoms with Gasteiger partial charge in [0.2, 0.25) is 5.91 Å². The van der Waals surface area contributed by atoms with Crippen LogP contribution in [-0.4, -0.2) is 44.2 Å². The lowest BCUT2D eigenvalue weighted by Crippen LogP contribution is -2.40. The van der Waals surface area contributed by atoms with Crippen molar-refractivity contribution in [3.8, 4) is 11.5 Å². The molecule has 0 saturated heterocycles. The van der Waals surface area contributed by atoms with Crippen LogP contribution in [0.2, 0.25) is 0 Å². The number of nitrogens with zero attached hydrogens (tertiary/aromatic N) is 1. The molecule has 0 unspecified atom stereocenters. The molecule has 1 saturated carbocycles. The fraction of sp³-hybridized carbons (Fsp3) is 0.562. The highest BCUT2D eigenvalue weighted by molar-refractivity contribution is 5.78. The van der Waals surface area contributed by atoms with E-state index in [9.17, 15) is 4.79 Å². The van der Waals surface area contributed by atoms with E-state index in [1.54, 1.807) is 14.2 Å². The lowest BCUT2D eigenvalue weighted by atomic mass is 9.99. The number of hydrogen-bond donors (Lipinski definition) is 1. The summed E-state index contributed by atoms with van der Waals surface area (Å²) in [5.74, 6) is 1.66. The Labute approximate surface area is 125 Å². The summed E-state index contributed by atoms with van der Waals surface area (Å²) in [6, 6.07) is 4.51. The van der Waals surface area contributed by atoms with Gasteiger partial charge in [-0.3, -0.25) is 9.69 Å². The largest absolute Gasteiger partial charge is 0.493 e. The second kappa shape index (κ2) is 5.93. The molecule has 1 amide bonds. The fourth-order valence-electron chi connectivity index (χ4n) is 2.78. The zero-order valence-corrected chi connectivity index (χ0v) is 12.6. The smallest absolute Gasteiger partial charge is 0.234 e. The van der Waals surface area contributed by atoms with Gasteiger partial charge in [0.05, 0.1) is 20.8 Å². The minimum atomic E-state index is 0.140. The molecular weight excluding hydrogens is 268 g/mol. The molecule has 21 heavy (non-hydrogen) atoms. The number of fused-ring (bicyclic) bond motifs is 1. The summed E-state index contributed by atoms with van der Waals surface area (Å²) in [6.45, 7) is 2.17. The highest BCUT2D eigenvalue weighted by Gasteiger charge is 2.25. The molecule has 0 spiro atoms. The molecule has 1 aromatic carbocycles. The Morgan fingerprint density at radius 2 is 1.90 bits per heavy atom. The highest BCUT2D eigenvalue weighted by atomic mass is 16.5. The molecule has 1 aromatic rings. The minimum absolute atomic E-state index is 0.140. The molecule has 1 fully saturated rings. The molecule has 0 aromatic heterocycles. The van der Waals surface area contributed by atoms with Crippen LogP contribution < -0.4 is 14.8 Å². The lowest BCUT2D eigenvalue weighted by molar-refractivity contribution is -0.122. The van der Waals surface area contributed by atoms with Crippen LogP contribution in [0.3, 0.4) is 0 Å². The summed E-state index contributed by atoms with van der Waals surface area (Å²) in [5.41, 5.74) is 2.50. The van der Waals surface area contributed by atoms with Crippen LogP contribution in [0.4, 0.5) is 0 Å². The van der Waals surface area contributed by atoms with E-state index in [-0.39, 0.29) is 5.91 Å². The highest BCUT2D eigenvalue weighted by Crippen LogP contribution is 2.33. The molecule has 114 valence electrons. The first-order valence-electron chi connectivity index (χ1n) is 7.45. The van der Waals surface area contributed by atoms with E-state index in [2.05, 4.69) is 16.3 Å². The summed E-state index contributed by atoms with van der Waals surface area (Å²) in [5, 5.41) is 3.04. The van der Waals surface area contributed by atoms with Gasteiger partial charge in [-0.05, 0) is 42.5 Å². The summed E-state index contributed by atoms with van der Waals surface area (Å²) < 4.78 is 10.7. The summed E-state index contributed by atoms with van der Waals surface area (Å²) in [7, 11) is 3.30. The fourth-order valence-corrected chi connectivity index (χ4v) is 2.78. The van der Waals surface area contributed by atoms with Gasteiger partial charge >= 0.3 is 0 Å². The molecule has 0 bridgehead atoms. The van der Waals surface area contributed by atoms with Crippen molar-refractivity contribution < 1.29 is 14.3 Å². The average Bonchev–Trinajstić information content (AvgIpc) is 3.29. The van der Waals surface area contributed by atoms with Gasteiger partial charge in [0.1, 0.15) is 0 Å². The monoisotopic (exact) mass is 290 g/mol. The number of carbonyl (C=O) groups excluding carboxylic acids is 1. The van der Waals surface area contributed by atoms with Crippen molar-refractivity contribution in [1.82, 2.24) is 10.2 Å². The van der Waals surface area contributed by atoms with Crippen molar-refractivity contribution >= 4 is 5.91 Å². The maximum atomic E-state index is 11.9. The first-order valence-corrected chi connectivity index (χ1v) is 7.45. The quantitative estimate of drug-likeness (QED) is 0.889. The van der Waals surface area contributed by atoms with Crippen LogP contribution in [0, 0.1) is 0 Å². The molecule has 1 N–H and O–H groups in total. The van der Waals surface area contributed by atoms with Gasteiger partial charge in [0.25, 0.3) is 0 Å². The van der Waals surface area contributed by atoms with E-state index < -0.39 is 0 Å². The third-order valence-corrected chi connectivity index (χ3v) is 4.11. The van der Waals surface area contributed by atoms with E-state index in [0.29, 0.717) is 12.6 Å². The standard InChI is InChI=1S/C16H22N2O3/c1-20-14-7-11-5-6-18(9-12(11)8-15(14)21-2)10-16(19)17-13-3-4-13/h7-8,13H,3-6,9-10H2,1-2H3,(H,17,19). The van der Waals surface area contributed by atoms with Crippen molar-refractivity contribution in [2.75, 3.05) is 27.3 Å². The number of carbonyl (C=O) groups is 1. The zero-order valence-electron chi connectivity index (χ0n) is 12.6. The van der Waals surface area contributed by atoms with E-state index >= 15 is 0 Å². The topological polar surface area (TPSA) is 50.8 Å². The Kier molecular flexibility index (Phi) is 4.01. The Morgan fingerprint density at radius 1 is 1.24 bits per heavy atom. The van der Waals surface area contributed by atoms with Crippen LogP contribution in [0.25, 0.3) is 0 Å². The number of benzene rings is 1. The van der Waals surface area contributed by atoms with Gasteiger partial charge in [0.15, 0.2) is 11.5 Å². The number of methoxy groups -OCH3 is 2. The summed E-state index contributed by atoms with van der Waals surface area (Å²) >= 11 is 0. The second-order valence-corrected chi connectivity index (χ2v) is 5.78. The maximum absolute atomic E-state index is 11.9. The van der Waals surface area contributed by atoms with Crippen molar-refractivity contribution in [3.63, 3.8) is 0 Å². The Hall–Kier alpha value is -1.75. The first-order chi connectivity index (χ1) is 10.2. The zero-order chi connectivity index (χ0) is 14.8. The predicted octanol–water partition coefficient (Wildman–Crippen LogP) is 1.34. The van der Waals surface area contributed by atoms with Crippen LogP contribution in [0.5, 0.6) is 11.5 Å². The Bertz CT molecular complexity index is 541. The number of hydrogen-bond acceptors (Lipinski definition) is 4. The minimum Gasteiger partial charge on any atom is -0.493 e. The summed E-state index contributed by atoms with van der Waals surface area (Å²) in [4.78, 5) is 14.1. The first kappa shape index (κ1) is 14.2. The van der Waals surface area contributed by atoms with Gasteiger partial charge in [-0.15, -0.1) is 0 Å². The normalized spacial score (nSPS) is 18.0. The Balaban J connectivity index is 1.67. The summed E-state index contributed by atoms with van der Waals surface area (Å²) in [6.07, 6.45) is 3.20. The SMILES string of the molecule is COc1cc2c(cc1OC)CN(CC(=O)NC1CC1)CC2. The molecular formula is C16H22N2O3. The van der Waals surface area contributed by atoms with Crippen molar-refractivity contribution in [2.45, 2.75) is 31.8 Å². The number of rotatable bonds is 5. The molecule has 1 aliphatic heterocycles. The van der Waals surface area contributed by atoms with E-state index in [1.165, 1.54) is 11.1 Å². The Morgan fingerprint density at radius 3 is 2.52 bits per heavy atom. The van der Waals surface area contributed by atoms with Gasteiger partial charge in [-0.1, -0.05) is 0 Å². The molecule has 5 nitrogen and oxygen atoms in total. The molecule has 3 rings (SSSR count). The second-order valence-electron chi connectivity index (χ2n) is 5.78. The maximum Gasteiger partial charge on any atom is 0.234 e. The van der Waals surface area contributed by atoms with Crippen LogP contribution in [0.15, 0.2) is 12.1 Å². The average molecular weight is 290 g/mol. The molecule has 5 heteroatoms. The van der Waals surface area contributed by atoms with Crippen molar-refractivity contribution in [1.29, 1.82) is 0 Å². The van der Waals surface area contributed by atoms with E-state index in [4.69, 9.17) is 9.47 Å². The van der Waals surface area contributed by atoms with Crippen LogP contribution >= 0.6 is 0 Å². The van der Waals surface area contributed by atoms with Gasteiger partial charge in [0, 0.05) is 19.1 Å². The van der Waals surface area contributed by atoms with Gasteiger partial charge < -0.3 is 14.8 Å². The third-order valence-electron chi connectivity index (χ3n) is 4.11. The third kappa shape index (κ3) is 3.29. The molecule has 1 heterocycles. The molecule has 0 radical (unpaired) electrons. The van der Waals surface area contributed by atoms with Gasteiger partial charge in [-0.2, -0.15) is 0 Å².